The van der Waals surface area contributed by atoms with Crippen LogP contribution in [0.15, 0.2) is 22.5 Å². The Labute approximate surface area is 142 Å². The van der Waals surface area contributed by atoms with Gasteiger partial charge in [0.15, 0.2) is 5.96 Å². The fourth-order valence-electron chi connectivity index (χ4n) is 2.91. The second kappa shape index (κ2) is 8.34. The molecule has 1 aromatic heterocycles. The van der Waals surface area contributed by atoms with E-state index in [0.29, 0.717) is 12.5 Å². The van der Waals surface area contributed by atoms with Crippen molar-refractivity contribution < 1.29 is 9.53 Å². The fourth-order valence-corrected chi connectivity index (χ4v) is 3.69. The summed E-state index contributed by atoms with van der Waals surface area (Å²) < 4.78 is 4.92. The van der Waals surface area contributed by atoms with Gasteiger partial charge in [-0.1, -0.05) is 19.9 Å². The van der Waals surface area contributed by atoms with Gasteiger partial charge in [0.25, 0.3) is 0 Å². The number of hydrogen-bond donors (Lipinski definition) is 1. The maximum Gasteiger partial charge on any atom is 0.310 e. The SMILES string of the molecule is CCNC(=NCC(C)c1cccs1)N1CC(C)C(C(=O)OC)C1. The summed E-state index contributed by atoms with van der Waals surface area (Å²) in [6, 6.07) is 4.23. The van der Waals surface area contributed by atoms with Crippen molar-refractivity contribution in [2.24, 2.45) is 16.8 Å². The van der Waals surface area contributed by atoms with Gasteiger partial charge < -0.3 is 15.0 Å². The molecular formula is C17H27N3O2S. The van der Waals surface area contributed by atoms with E-state index >= 15 is 0 Å². The minimum atomic E-state index is -0.122. The Morgan fingerprint density at radius 1 is 1.57 bits per heavy atom. The normalized spacial score (nSPS) is 23.0. The average Bonchev–Trinajstić information content (AvgIpc) is 3.20. The number of likely N-dealkylation sites (tertiary alicyclic amines) is 1. The largest absolute Gasteiger partial charge is 0.469 e. The monoisotopic (exact) mass is 337 g/mol. The van der Waals surface area contributed by atoms with Gasteiger partial charge in [-0.15, -0.1) is 11.3 Å². The maximum absolute atomic E-state index is 11.9. The summed E-state index contributed by atoms with van der Waals surface area (Å²) in [5, 5.41) is 5.45. The number of carbonyl (C=O) groups is 1. The first-order valence-corrected chi connectivity index (χ1v) is 9.09. The third-order valence-corrected chi connectivity index (χ3v) is 5.40. The molecule has 3 unspecified atom stereocenters. The Balaban J connectivity index is 2.03. The lowest BCUT2D eigenvalue weighted by Crippen LogP contribution is -2.40. The molecule has 2 heterocycles. The van der Waals surface area contributed by atoms with Crippen molar-refractivity contribution in [2.45, 2.75) is 26.7 Å². The van der Waals surface area contributed by atoms with Crippen LogP contribution in [0.5, 0.6) is 0 Å². The van der Waals surface area contributed by atoms with Gasteiger partial charge in [0.1, 0.15) is 0 Å². The molecule has 1 saturated heterocycles. The Hall–Kier alpha value is -1.56. The predicted molar refractivity (Wildman–Crippen MR) is 95.0 cm³/mol. The summed E-state index contributed by atoms with van der Waals surface area (Å²) in [5.41, 5.74) is 0. The molecule has 0 spiro atoms. The molecule has 1 aromatic rings. The number of methoxy groups -OCH3 is 1. The van der Waals surface area contributed by atoms with E-state index in [-0.39, 0.29) is 17.8 Å². The van der Waals surface area contributed by atoms with E-state index in [0.717, 1.165) is 25.6 Å². The van der Waals surface area contributed by atoms with Crippen molar-refractivity contribution in [3.8, 4) is 0 Å². The number of rotatable bonds is 5. The molecule has 0 saturated carbocycles. The second-order valence-electron chi connectivity index (χ2n) is 6.12. The highest BCUT2D eigenvalue weighted by molar-refractivity contribution is 7.10. The molecule has 0 radical (unpaired) electrons. The second-order valence-corrected chi connectivity index (χ2v) is 7.10. The lowest BCUT2D eigenvalue weighted by Gasteiger charge is -2.22. The van der Waals surface area contributed by atoms with Crippen molar-refractivity contribution in [1.82, 2.24) is 10.2 Å². The quantitative estimate of drug-likeness (QED) is 0.510. The summed E-state index contributed by atoms with van der Waals surface area (Å²) in [6.45, 7) is 9.43. The number of nitrogens with zero attached hydrogens (tertiary/aromatic N) is 2. The molecule has 1 fully saturated rings. The molecule has 0 bridgehead atoms. The number of thiophene rings is 1. The molecule has 1 N–H and O–H groups in total. The van der Waals surface area contributed by atoms with Crippen molar-refractivity contribution in [2.75, 3.05) is 33.3 Å². The maximum atomic E-state index is 11.9. The Bertz CT molecular complexity index is 530. The zero-order valence-corrected chi connectivity index (χ0v) is 15.2. The first kappa shape index (κ1) is 17.8. The van der Waals surface area contributed by atoms with Gasteiger partial charge in [-0.05, 0) is 24.3 Å². The minimum absolute atomic E-state index is 0.0708. The highest BCUT2D eigenvalue weighted by atomic mass is 32.1. The lowest BCUT2D eigenvalue weighted by atomic mass is 9.99. The summed E-state index contributed by atoms with van der Waals surface area (Å²) in [5.74, 6) is 1.39. The fraction of sp³-hybridized carbons (Fsp3) is 0.647. The van der Waals surface area contributed by atoms with E-state index in [1.807, 2.05) is 0 Å². The average molecular weight is 337 g/mol. The van der Waals surface area contributed by atoms with Gasteiger partial charge in [0, 0.05) is 30.4 Å². The number of hydrogen-bond acceptors (Lipinski definition) is 4. The third kappa shape index (κ3) is 4.47. The number of carbonyl (C=O) groups excluding carboxylic acids is 1. The number of guanidine groups is 1. The third-order valence-electron chi connectivity index (χ3n) is 4.29. The van der Waals surface area contributed by atoms with Gasteiger partial charge >= 0.3 is 5.97 Å². The summed E-state index contributed by atoms with van der Waals surface area (Å²) in [7, 11) is 1.46. The van der Waals surface area contributed by atoms with Crippen molar-refractivity contribution in [3.63, 3.8) is 0 Å². The van der Waals surface area contributed by atoms with Crippen LogP contribution in [0.3, 0.4) is 0 Å². The molecule has 1 aliphatic heterocycles. The molecule has 0 aliphatic carbocycles. The van der Waals surface area contributed by atoms with Crippen LogP contribution >= 0.6 is 11.3 Å². The molecule has 23 heavy (non-hydrogen) atoms. The summed E-state index contributed by atoms with van der Waals surface area (Å²) >= 11 is 1.77. The number of ether oxygens (including phenoxy) is 1. The number of nitrogens with one attached hydrogen (secondary N) is 1. The van der Waals surface area contributed by atoms with E-state index in [1.54, 1.807) is 11.3 Å². The van der Waals surface area contributed by atoms with Gasteiger partial charge in [0.2, 0.25) is 0 Å². The minimum Gasteiger partial charge on any atom is -0.469 e. The van der Waals surface area contributed by atoms with E-state index in [9.17, 15) is 4.79 Å². The number of aliphatic imine (C=N–C) groups is 1. The summed E-state index contributed by atoms with van der Waals surface area (Å²) in [4.78, 5) is 20.2. The van der Waals surface area contributed by atoms with Crippen LogP contribution in [0.1, 0.15) is 31.6 Å². The molecule has 6 heteroatoms. The van der Waals surface area contributed by atoms with Crippen molar-refractivity contribution >= 4 is 23.3 Å². The predicted octanol–water partition coefficient (Wildman–Crippen LogP) is 2.56. The number of esters is 1. The van der Waals surface area contributed by atoms with Crippen LogP contribution in [0, 0.1) is 11.8 Å². The molecule has 0 aromatic carbocycles. The highest BCUT2D eigenvalue weighted by Crippen LogP contribution is 2.25. The zero-order valence-electron chi connectivity index (χ0n) is 14.4. The van der Waals surface area contributed by atoms with E-state index < -0.39 is 0 Å². The standard InChI is InChI=1S/C17H27N3O2S/c1-5-18-17(19-9-12(2)15-7-6-8-23-15)20-10-13(3)14(11-20)16(21)22-4/h6-8,12-14H,5,9-11H2,1-4H3,(H,18,19). The first-order valence-electron chi connectivity index (χ1n) is 8.21. The van der Waals surface area contributed by atoms with Crippen LogP contribution < -0.4 is 5.32 Å². The Morgan fingerprint density at radius 2 is 2.35 bits per heavy atom. The Kier molecular flexibility index (Phi) is 6.45. The molecule has 2 rings (SSSR count). The molecule has 1 aliphatic rings. The van der Waals surface area contributed by atoms with Crippen molar-refractivity contribution in [1.29, 1.82) is 0 Å². The Morgan fingerprint density at radius 3 is 2.96 bits per heavy atom. The molecule has 128 valence electrons. The van der Waals surface area contributed by atoms with Crippen LogP contribution in [0.2, 0.25) is 0 Å². The summed E-state index contributed by atoms with van der Waals surface area (Å²) in [6.07, 6.45) is 0. The van der Waals surface area contributed by atoms with Crippen LogP contribution in [-0.2, 0) is 9.53 Å². The van der Waals surface area contributed by atoms with Crippen molar-refractivity contribution in [3.05, 3.63) is 22.4 Å². The topological polar surface area (TPSA) is 53.9 Å². The van der Waals surface area contributed by atoms with Crippen LogP contribution in [-0.4, -0.2) is 50.1 Å². The van der Waals surface area contributed by atoms with E-state index in [2.05, 4.69) is 48.5 Å². The van der Waals surface area contributed by atoms with E-state index in [4.69, 9.17) is 9.73 Å². The van der Waals surface area contributed by atoms with E-state index in [1.165, 1.54) is 12.0 Å². The highest BCUT2D eigenvalue weighted by Gasteiger charge is 2.36. The lowest BCUT2D eigenvalue weighted by molar-refractivity contribution is -0.145. The zero-order chi connectivity index (χ0) is 16.8. The smallest absolute Gasteiger partial charge is 0.310 e. The molecule has 3 atom stereocenters. The van der Waals surface area contributed by atoms with Crippen LogP contribution in [0.25, 0.3) is 0 Å². The van der Waals surface area contributed by atoms with Gasteiger partial charge in [0.05, 0.1) is 19.6 Å². The van der Waals surface area contributed by atoms with Gasteiger partial charge in [-0.3, -0.25) is 9.79 Å². The molecule has 0 amide bonds. The molecular weight excluding hydrogens is 310 g/mol. The first-order chi connectivity index (χ1) is 11.1. The van der Waals surface area contributed by atoms with Gasteiger partial charge in [-0.25, -0.2) is 0 Å². The van der Waals surface area contributed by atoms with Gasteiger partial charge in [-0.2, -0.15) is 0 Å². The molecule has 5 nitrogen and oxygen atoms in total. The van der Waals surface area contributed by atoms with Crippen LogP contribution in [0.4, 0.5) is 0 Å².